The van der Waals surface area contributed by atoms with Gasteiger partial charge in [0.2, 0.25) is 0 Å². The maximum atomic E-state index is 9.41. The highest BCUT2D eigenvalue weighted by Gasteiger charge is 2.28. The van der Waals surface area contributed by atoms with Crippen LogP contribution in [0.25, 0.3) is 11.0 Å². The molecule has 0 bridgehead atoms. The lowest BCUT2D eigenvalue weighted by molar-refractivity contribution is 0.150. The Labute approximate surface area is 143 Å². The highest BCUT2D eigenvalue weighted by Crippen LogP contribution is 2.39. The summed E-state index contributed by atoms with van der Waals surface area (Å²) in [5.74, 6) is 1.19. The average Bonchev–Trinajstić information content (AvgIpc) is 2.78. The van der Waals surface area contributed by atoms with Crippen molar-refractivity contribution in [3.05, 3.63) is 17.6 Å². The van der Waals surface area contributed by atoms with Crippen molar-refractivity contribution < 1.29 is 4.52 Å². The van der Waals surface area contributed by atoms with E-state index >= 15 is 0 Å². The molecule has 2 heterocycles. The minimum absolute atomic E-state index is 0.227. The van der Waals surface area contributed by atoms with Crippen LogP contribution in [0.3, 0.4) is 0 Å². The number of hydrogen-bond acceptors (Lipinski definition) is 5. The number of halogens is 1. The van der Waals surface area contributed by atoms with Gasteiger partial charge in [0.05, 0.1) is 17.9 Å². The Morgan fingerprint density at radius 2 is 2.36 bits per heavy atom. The minimum atomic E-state index is 0.227. The van der Waals surface area contributed by atoms with Gasteiger partial charge in [-0.25, -0.2) is 9.97 Å². The van der Waals surface area contributed by atoms with Crippen molar-refractivity contribution in [3.63, 3.8) is 0 Å². The van der Waals surface area contributed by atoms with Crippen LogP contribution in [0, 0.1) is 18.3 Å². The lowest BCUT2D eigenvalue weighted by Crippen LogP contribution is -2.24. The summed E-state index contributed by atoms with van der Waals surface area (Å²) in [6.07, 6.45) is 6.10. The van der Waals surface area contributed by atoms with E-state index in [1.807, 2.05) is 11.5 Å². The molecule has 22 heavy (non-hydrogen) atoms. The molecular weight excluding hydrogens is 412 g/mol. The van der Waals surface area contributed by atoms with Crippen LogP contribution in [-0.2, 0) is 4.52 Å². The summed E-state index contributed by atoms with van der Waals surface area (Å²) in [6, 6.07) is 2.42. The molecule has 1 aliphatic carbocycles. The van der Waals surface area contributed by atoms with Crippen molar-refractivity contribution in [2.45, 2.75) is 44.8 Å². The van der Waals surface area contributed by atoms with Crippen molar-refractivity contribution in [1.82, 2.24) is 14.5 Å². The maximum Gasteiger partial charge on any atom is 0.146 e. The number of rotatable bonds is 3. The first-order valence-corrected chi connectivity index (χ1v) is 11.2. The highest BCUT2D eigenvalue weighted by atomic mass is 127. The number of nitrogens with two attached hydrogens (primary N) is 1. The van der Waals surface area contributed by atoms with Gasteiger partial charge in [-0.15, -0.1) is 0 Å². The second kappa shape index (κ2) is 6.65. The smallest absolute Gasteiger partial charge is 0.146 e. The van der Waals surface area contributed by atoms with Crippen LogP contribution in [-0.4, -0.2) is 20.6 Å². The average molecular weight is 429 g/mol. The molecule has 0 amide bonds. The number of nitrogen functional groups attached to an aromatic ring is 1. The first-order chi connectivity index (χ1) is 10.7. The molecule has 0 spiro atoms. The fraction of sp³-hybridized carbons (Fsp3) is 0.500. The van der Waals surface area contributed by atoms with Crippen molar-refractivity contribution in [2.75, 3.05) is 5.73 Å². The van der Waals surface area contributed by atoms with Crippen LogP contribution < -0.4 is 5.73 Å². The second-order valence-corrected chi connectivity index (χ2v) is 7.25. The molecule has 0 saturated heterocycles. The van der Waals surface area contributed by atoms with E-state index in [-0.39, 0.29) is 12.1 Å². The molecule has 0 radical (unpaired) electrons. The van der Waals surface area contributed by atoms with Gasteiger partial charge in [0.25, 0.3) is 0 Å². The molecule has 0 aromatic carbocycles. The molecule has 116 valence electrons. The van der Waals surface area contributed by atoms with Gasteiger partial charge in [0, 0.05) is 12.2 Å². The van der Waals surface area contributed by atoms with Crippen molar-refractivity contribution >= 4 is 45.3 Å². The lowest BCUT2D eigenvalue weighted by Gasteiger charge is -2.30. The number of anilines is 1. The summed E-state index contributed by atoms with van der Waals surface area (Å²) < 4.78 is 7.83. The molecule has 3 atom stereocenters. The third-order valence-electron chi connectivity index (χ3n) is 4.19. The molecular formula is C14H17IN5OP. The predicted molar refractivity (Wildman–Crippen MR) is 96.1 cm³/mol. The molecule has 1 aliphatic rings. The van der Waals surface area contributed by atoms with Crippen LogP contribution in [0.1, 0.15) is 43.1 Å². The molecule has 2 aromatic heterocycles. The summed E-state index contributed by atoms with van der Waals surface area (Å²) in [6.45, 7) is 2.32. The van der Waals surface area contributed by atoms with E-state index in [1.165, 1.54) is 0 Å². The molecule has 8 heteroatoms. The third-order valence-corrected chi connectivity index (χ3v) is 5.37. The summed E-state index contributed by atoms with van der Waals surface area (Å²) in [5, 5.41) is 10.2. The van der Waals surface area contributed by atoms with Crippen LogP contribution >= 0.6 is 28.5 Å². The highest BCUT2D eigenvalue weighted by molar-refractivity contribution is 14.2. The summed E-state index contributed by atoms with van der Waals surface area (Å²) in [5.41, 5.74) is 7.51. The van der Waals surface area contributed by atoms with E-state index in [4.69, 9.17) is 10.3 Å². The standard InChI is InChI=1S/C14H17IN5OP/c1-8-18-7-12-11(6-16)13(17)20(14(12)19-8)9-3-2-4-10(5-9)21-22-15/h7,9-10,22H,2-5,17H2,1H3. The minimum Gasteiger partial charge on any atom is -0.384 e. The monoisotopic (exact) mass is 429 g/mol. The van der Waals surface area contributed by atoms with E-state index in [2.05, 4.69) is 38.1 Å². The van der Waals surface area contributed by atoms with Crippen molar-refractivity contribution in [2.24, 2.45) is 0 Å². The predicted octanol–water partition coefficient (Wildman–Crippen LogP) is 3.64. The number of hydrogen-bond donors (Lipinski definition) is 1. The van der Waals surface area contributed by atoms with Gasteiger partial charge >= 0.3 is 0 Å². The normalized spacial score (nSPS) is 22.4. The zero-order valence-corrected chi connectivity index (χ0v) is 15.4. The number of fused-ring (bicyclic) bond motifs is 1. The first kappa shape index (κ1) is 15.9. The molecule has 3 unspecified atom stereocenters. The van der Waals surface area contributed by atoms with Gasteiger partial charge in [0.15, 0.2) is 0 Å². The number of nitrogens with zero attached hydrogens (tertiary/aromatic N) is 4. The van der Waals surface area contributed by atoms with E-state index in [1.54, 1.807) is 6.20 Å². The van der Waals surface area contributed by atoms with Crippen molar-refractivity contribution in [1.29, 1.82) is 5.26 Å². The van der Waals surface area contributed by atoms with Gasteiger partial charge in [0.1, 0.15) is 28.9 Å². The van der Waals surface area contributed by atoms with Gasteiger partial charge in [-0.2, -0.15) is 5.26 Å². The van der Waals surface area contributed by atoms with Crippen LogP contribution in [0.2, 0.25) is 0 Å². The van der Waals surface area contributed by atoms with Gasteiger partial charge in [-0.05, 0) is 54.6 Å². The van der Waals surface area contributed by atoms with E-state index in [0.29, 0.717) is 23.7 Å². The molecule has 2 aromatic rings. The van der Waals surface area contributed by atoms with Crippen molar-refractivity contribution in [3.8, 4) is 6.07 Å². The molecule has 6 nitrogen and oxygen atoms in total. The van der Waals surface area contributed by atoms with Gasteiger partial charge in [-0.3, -0.25) is 0 Å². The van der Waals surface area contributed by atoms with Crippen LogP contribution in [0.4, 0.5) is 5.82 Å². The molecule has 1 fully saturated rings. The van der Waals surface area contributed by atoms with Gasteiger partial charge in [-0.1, -0.05) is 0 Å². The molecule has 1 saturated carbocycles. The molecule has 2 N–H and O–H groups in total. The quantitative estimate of drug-likeness (QED) is 0.595. The fourth-order valence-corrected chi connectivity index (χ4v) is 4.62. The maximum absolute atomic E-state index is 9.41. The number of aromatic nitrogens is 3. The van der Waals surface area contributed by atoms with E-state index < -0.39 is 0 Å². The SMILES string of the molecule is Cc1ncc2c(C#N)c(N)n(C3CCCC(OPI)C3)c2n1. The summed E-state index contributed by atoms with van der Waals surface area (Å²) >= 11 is 2.26. The topological polar surface area (TPSA) is 89.8 Å². The Hall–Kier alpha value is -0.970. The van der Waals surface area contributed by atoms with Gasteiger partial charge < -0.3 is 14.8 Å². The summed E-state index contributed by atoms with van der Waals surface area (Å²) in [4.78, 5) is 8.74. The Morgan fingerprint density at radius 1 is 1.55 bits per heavy atom. The largest absolute Gasteiger partial charge is 0.384 e. The first-order valence-electron chi connectivity index (χ1n) is 7.20. The van der Waals surface area contributed by atoms with E-state index in [9.17, 15) is 5.26 Å². The van der Waals surface area contributed by atoms with E-state index in [0.717, 1.165) is 36.7 Å². The third kappa shape index (κ3) is 2.80. The lowest BCUT2D eigenvalue weighted by atomic mass is 9.93. The van der Waals surface area contributed by atoms with Crippen LogP contribution in [0.15, 0.2) is 6.20 Å². The summed E-state index contributed by atoms with van der Waals surface area (Å²) in [7, 11) is 0. The molecule has 3 rings (SSSR count). The number of aryl methyl sites for hydroxylation is 1. The Balaban J connectivity index is 2.08. The zero-order chi connectivity index (χ0) is 15.7. The Bertz CT molecular complexity index is 739. The Morgan fingerprint density at radius 3 is 3.09 bits per heavy atom. The fourth-order valence-electron chi connectivity index (χ4n) is 3.20. The zero-order valence-electron chi connectivity index (χ0n) is 12.2. The Kier molecular flexibility index (Phi) is 4.81. The molecule has 0 aliphatic heterocycles. The van der Waals surface area contributed by atoms with Crippen LogP contribution in [0.5, 0.6) is 0 Å². The number of nitriles is 1. The second-order valence-electron chi connectivity index (χ2n) is 5.53.